The standard InChI is InChI=1S/C18H24N6O/c25-18(15-4-6-20-21-12-15)23-9-5-17-19-13-16(24(17)11-10-23)14-22-7-2-1-3-8-22/h4,6,12-13H,1-3,5,7-11,14H2. The molecule has 2 aliphatic heterocycles. The zero-order valence-electron chi connectivity index (χ0n) is 14.5. The van der Waals surface area contributed by atoms with Gasteiger partial charge < -0.3 is 9.47 Å². The predicted octanol–water partition coefficient (Wildman–Crippen LogP) is 1.36. The van der Waals surface area contributed by atoms with E-state index in [1.807, 2.05) is 11.1 Å². The Morgan fingerprint density at radius 2 is 1.88 bits per heavy atom. The summed E-state index contributed by atoms with van der Waals surface area (Å²) in [5, 5.41) is 7.56. The summed E-state index contributed by atoms with van der Waals surface area (Å²) in [6.45, 7) is 5.54. The Morgan fingerprint density at radius 3 is 2.68 bits per heavy atom. The normalized spacial score (nSPS) is 18.6. The lowest BCUT2D eigenvalue weighted by atomic mass is 10.1. The Kier molecular flexibility index (Phi) is 4.74. The molecule has 0 aliphatic carbocycles. The van der Waals surface area contributed by atoms with E-state index in [1.165, 1.54) is 44.2 Å². The molecular weight excluding hydrogens is 316 g/mol. The molecule has 0 saturated carbocycles. The first-order valence-corrected chi connectivity index (χ1v) is 9.13. The zero-order valence-corrected chi connectivity index (χ0v) is 14.5. The van der Waals surface area contributed by atoms with E-state index in [-0.39, 0.29) is 5.91 Å². The van der Waals surface area contributed by atoms with E-state index in [0.717, 1.165) is 25.3 Å². The number of imidazole rings is 1. The Labute approximate surface area is 147 Å². The number of carbonyl (C=O) groups excluding carboxylic acids is 1. The lowest BCUT2D eigenvalue weighted by Crippen LogP contribution is -2.34. The summed E-state index contributed by atoms with van der Waals surface area (Å²) in [7, 11) is 0. The van der Waals surface area contributed by atoms with Crippen molar-refractivity contribution < 1.29 is 4.79 Å². The van der Waals surface area contributed by atoms with E-state index in [2.05, 4.69) is 24.6 Å². The summed E-state index contributed by atoms with van der Waals surface area (Å²) in [5.74, 6) is 1.12. The zero-order chi connectivity index (χ0) is 17.1. The van der Waals surface area contributed by atoms with Crippen LogP contribution in [0.15, 0.2) is 24.7 Å². The van der Waals surface area contributed by atoms with Gasteiger partial charge in [-0.2, -0.15) is 10.2 Å². The highest BCUT2D eigenvalue weighted by atomic mass is 16.2. The maximum Gasteiger partial charge on any atom is 0.255 e. The van der Waals surface area contributed by atoms with Gasteiger partial charge in [0.25, 0.3) is 5.91 Å². The number of piperidine rings is 1. The second-order valence-corrected chi connectivity index (χ2v) is 6.83. The van der Waals surface area contributed by atoms with Crippen molar-refractivity contribution in [1.82, 2.24) is 29.5 Å². The summed E-state index contributed by atoms with van der Waals surface area (Å²) >= 11 is 0. The third kappa shape index (κ3) is 3.56. The largest absolute Gasteiger partial charge is 0.336 e. The van der Waals surface area contributed by atoms with Gasteiger partial charge in [-0.05, 0) is 32.0 Å². The predicted molar refractivity (Wildman–Crippen MR) is 93.0 cm³/mol. The van der Waals surface area contributed by atoms with Gasteiger partial charge in [-0.15, -0.1) is 0 Å². The Bertz CT molecular complexity index is 722. The molecule has 4 rings (SSSR count). The minimum atomic E-state index is 0.0261. The molecule has 2 aliphatic rings. The summed E-state index contributed by atoms with van der Waals surface area (Å²) in [6, 6.07) is 1.72. The van der Waals surface area contributed by atoms with Crippen LogP contribution in [0.3, 0.4) is 0 Å². The van der Waals surface area contributed by atoms with Crippen molar-refractivity contribution in [3.63, 3.8) is 0 Å². The third-order valence-electron chi connectivity index (χ3n) is 5.17. The third-order valence-corrected chi connectivity index (χ3v) is 5.17. The van der Waals surface area contributed by atoms with Gasteiger partial charge in [0.05, 0.1) is 23.7 Å². The molecule has 0 N–H and O–H groups in total. The molecule has 1 amide bonds. The molecule has 0 bridgehead atoms. The number of hydrogen-bond acceptors (Lipinski definition) is 5. The van der Waals surface area contributed by atoms with E-state index >= 15 is 0 Å². The van der Waals surface area contributed by atoms with Crippen LogP contribution in [-0.2, 0) is 19.5 Å². The molecule has 7 nitrogen and oxygen atoms in total. The molecule has 0 aromatic carbocycles. The number of nitrogens with zero attached hydrogens (tertiary/aromatic N) is 6. The molecule has 1 saturated heterocycles. The van der Waals surface area contributed by atoms with Gasteiger partial charge in [-0.25, -0.2) is 4.98 Å². The van der Waals surface area contributed by atoms with Gasteiger partial charge in [0.15, 0.2) is 0 Å². The second-order valence-electron chi connectivity index (χ2n) is 6.83. The first-order chi connectivity index (χ1) is 12.3. The minimum absolute atomic E-state index is 0.0261. The van der Waals surface area contributed by atoms with E-state index in [1.54, 1.807) is 12.3 Å². The lowest BCUT2D eigenvalue weighted by molar-refractivity contribution is 0.0758. The summed E-state index contributed by atoms with van der Waals surface area (Å²) in [6.07, 6.45) is 9.85. The Hall–Kier alpha value is -2.28. The number of fused-ring (bicyclic) bond motifs is 1. The molecule has 0 radical (unpaired) electrons. The van der Waals surface area contributed by atoms with Crippen molar-refractivity contribution >= 4 is 5.91 Å². The average Bonchev–Trinajstić information content (AvgIpc) is 2.91. The van der Waals surface area contributed by atoms with Crippen LogP contribution in [0.1, 0.15) is 41.1 Å². The fraction of sp³-hybridized carbons (Fsp3) is 0.556. The van der Waals surface area contributed by atoms with Gasteiger partial charge in [-0.1, -0.05) is 6.42 Å². The maximum atomic E-state index is 12.6. The van der Waals surface area contributed by atoms with Gasteiger partial charge in [0.2, 0.25) is 0 Å². The van der Waals surface area contributed by atoms with Crippen molar-refractivity contribution in [2.24, 2.45) is 0 Å². The molecule has 132 valence electrons. The molecular formula is C18H24N6O. The molecule has 4 heterocycles. The van der Waals surface area contributed by atoms with Crippen LogP contribution in [0.4, 0.5) is 0 Å². The summed E-state index contributed by atoms with van der Waals surface area (Å²) in [5.41, 5.74) is 1.87. The number of amides is 1. The highest BCUT2D eigenvalue weighted by Crippen LogP contribution is 2.17. The topological polar surface area (TPSA) is 67.2 Å². The quantitative estimate of drug-likeness (QED) is 0.844. The molecule has 2 aromatic heterocycles. The molecule has 1 fully saturated rings. The van der Waals surface area contributed by atoms with Crippen LogP contribution in [0.2, 0.25) is 0 Å². The lowest BCUT2D eigenvalue weighted by Gasteiger charge is -2.26. The molecule has 2 aromatic rings. The Balaban J connectivity index is 1.44. The van der Waals surface area contributed by atoms with Crippen LogP contribution in [0.5, 0.6) is 0 Å². The maximum absolute atomic E-state index is 12.6. The molecule has 7 heteroatoms. The molecule has 0 spiro atoms. The molecule has 25 heavy (non-hydrogen) atoms. The monoisotopic (exact) mass is 340 g/mol. The summed E-state index contributed by atoms with van der Waals surface area (Å²) in [4.78, 5) is 21.7. The van der Waals surface area contributed by atoms with Crippen molar-refractivity contribution in [3.05, 3.63) is 41.7 Å². The van der Waals surface area contributed by atoms with Crippen molar-refractivity contribution in [2.75, 3.05) is 26.2 Å². The van der Waals surface area contributed by atoms with E-state index in [4.69, 9.17) is 0 Å². The fourth-order valence-electron chi connectivity index (χ4n) is 3.77. The van der Waals surface area contributed by atoms with E-state index in [0.29, 0.717) is 18.7 Å². The van der Waals surface area contributed by atoms with Crippen molar-refractivity contribution in [3.8, 4) is 0 Å². The van der Waals surface area contributed by atoms with Crippen LogP contribution in [-0.4, -0.2) is 61.6 Å². The first-order valence-electron chi connectivity index (χ1n) is 9.13. The fourth-order valence-corrected chi connectivity index (χ4v) is 3.77. The van der Waals surface area contributed by atoms with Crippen molar-refractivity contribution in [2.45, 2.75) is 38.8 Å². The first kappa shape index (κ1) is 16.2. The SMILES string of the molecule is O=C(c1ccnnc1)N1CCc2ncc(CN3CCCCC3)n2CC1. The average molecular weight is 340 g/mol. The molecule has 0 atom stereocenters. The Morgan fingerprint density at radius 1 is 1.00 bits per heavy atom. The van der Waals surface area contributed by atoms with Gasteiger partial charge >= 0.3 is 0 Å². The number of aromatic nitrogens is 4. The second kappa shape index (κ2) is 7.31. The number of likely N-dealkylation sites (tertiary alicyclic amines) is 1. The highest BCUT2D eigenvalue weighted by molar-refractivity contribution is 5.93. The van der Waals surface area contributed by atoms with E-state index < -0.39 is 0 Å². The van der Waals surface area contributed by atoms with Gasteiger partial charge in [0.1, 0.15) is 5.82 Å². The number of hydrogen-bond donors (Lipinski definition) is 0. The number of rotatable bonds is 3. The summed E-state index contributed by atoms with van der Waals surface area (Å²) < 4.78 is 2.31. The van der Waals surface area contributed by atoms with Gasteiger partial charge in [0, 0.05) is 38.8 Å². The minimum Gasteiger partial charge on any atom is -0.336 e. The smallest absolute Gasteiger partial charge is 0.255 e. The highest BCUT2D eigenvalue weighted by Gasteiger charge is 2.23. The van der Waals surface area contributed by atoms with Gasteiger partial charge in [-0.3, -0.25) is 9.69 Å². The van der Waals surface area contributed by atoms with Crippen LogP contribution in [0, 0.1) is 0 Å². The van der Waals surface area contributed by atoms with Crippen LogP contribution < -0.4 is 0 Å². The van der Waals surface area contributed by atoms with Crippen LogP contribution >= 0.6 is 0 Å². The van der Waals surface area contributed by atoms with E-state index in [9.17, 15) is 4.79 Å². The van der Waals surface area contributed by atoms with Crippen LogP contribution in [0.25, 0.3) is 0 Å². The number of carbonyl (C=O) groups is 1. The molecule has 0 unspecified atom stereocenters. The van der Waals surface area contributed by atoms with Crippen molar-refractivity contribution in [1.29, 1.82) is 0 Å².